The van der Waals surface area contributed by atoms with Crippen molar-refractivity contribution in [1.29, 1.82) is 0 Å². The Morgan fingerprint density at radius 2 is 2.18 bits per heavy atom. The molecule has 2 aromatic rings. The van der Waals surface area contributed by atoms with E-state index < -0.39 is 18.1 Å². The van der Waals surface area contributed by atoms with Crippen LogP contribution in [0.25, 0.3) is 0 Å². The summed E-state index contributed by atoms with van der Waals surface area (Å²) in [5.41, 5.74) is 1.05. The van der Waals surface area contributed by atoms with Gasteiger partial charge in [0.1, 0.15) is 12.2 Å². The summed E-state index contributed by atoms with van der Waals surface area (Å²) in [5.74, 6) is -2.13. The molecule has 1 unspecified atom stereocenters. The Balaban J connectivity index is 1.25. The van der Waals surface area contributed by atoms with Crippen molar-refractivity contribution < 1.29 is 18.7 Å². The zero-order chi connectivity index (χ0) is 23.2. The van der Waals surface area contributed by atoms with Gasteiger partial charge in [0.2, 0.25) is 0 Å². The van der Waals surface area contributed by atoms with Crippen molar-refractivity contribution in [3.8, 4) is 0 Å². The number of ether oxygens (including phenoxy) is 1. The van der Waals surface area contributed by atoms with E-state index in [9.17, 15) is 8.78 Å². The molecule has 3 aliphatic heterocycles. The number of rotatable bonds is 4. The molecule has 0 radical (unpaired) electrons. The largest absolute Gasteiger partial charge is 0.411 e. The normalized spacial score (nSPS) is 24.4. The molecular weight excluding hydrogens is 472 g/mol. The van der Waals surface area contributed by atoms with Gasteiger partial charge in [0.15, 0.2) is 5.82 Å². The minimum atomic E-state index is -2.99. The summed E-state index contributed by atoms with van der Waals surface area (Å²) in [6.45, 7) is 4.38. The number of halogens is 3. The SMILES string of the molecule is CC1=NN(c2ncccc2/C=N/O)CC1CN1CCC2(CC1)OCC(F)(F)c1cc(Cl)sc12. The number of oxime groups is 1. The van der Waals surface area contributed by atoms with Gasteiger partial charge < -0.3 is 14.8 Å². The lowest BCUT2D eigenvalue weighted by Crippen LogP contribution is -2.50. The Hall–Kier alpha value is -2.14. The summed E-state index contributed by atoms with van der Waals surface area (Å²) in [6, 6.07) is 5.01. The molecule has 1 spiro atoms. The maximum atomic E-state index is 14.4. The summed E-state index contributed by atoms with van der Waals surface area (Å²) in [4.78, 5) is 7.33. The summed E-state index contributed by atoms with van der Waals surface area (Å²) in [6.07, 6.45) is 4.34. The van der Waals surface area contributed by atoms with Crippen molar-refractivity contribution in [3.05, 3.63) is 44.7 Å². The predicted molar refractivity (Wildman–Crippen MR) is 124 cm³/mol. The smallest absolute Gasteiger partial charge is 0.297 e. The average molecular weight is 496 g/mol. The number of alkyl halides is 2. The molecule has 0 bridgehead atoms. The van der Waals surface area contributed by atoms with E-state index in [1.165, 1.54) is 23.6 Å². The molecule has 2 aromatic heterocycles. The second-order valence-corrected chi connectivity index (χ2v) is 10.4. The highest BCUT2D eigenvalue weighted by molar-refractivity contribution is 7.16. The molecule has 5 rings (SSSR count). The Kier molecular flexibility index (Phi) is 5.88. The number of hydrazone groups is 1. The number of thiophene rings is 1. The average Bonchev–Trinajstić information content (AvgIpc) is 3.37. The Morgan fingerprint density at radius 1 is 1.39 bits per heavy atom. The van der Waals surface area contributed by atoms with Crippen LogP contribution in [0.1, 0.15) is 35.8 Å². The molecule has 1 N–H and O–H groups in total. The van der Waals surface area contributed by atoms with Crippen LogP contribution in [0.4, 0.5) is 14.6 Å². The molecule has 3 aliphatic rings. The number of piperidine rings is 1. The molecule has 0 saturated carbocycles. The van der Waals surface area contributed by atoms with Crippen LogP contribution in [0.5, 0.6) is 0 Å². The van der Waals surface area contributed by atoms with E-state index in [0.29, 0.717) is 40.0 Å². The topological polar surface area (TPSA) is 73.5 Å². The van der Waals surface area contributed by atoms with Gasteiger partial charge in [0.05, 0.1) is 17.1 Å². The molecule has 33 heavy (non-hydrogen) atoms. The molecule has 5 heterocycles. The molecule has 0 aromatic carbocycles. The van der Waals surface area contributed by atoms with Gasteiger partial charge in [-0.1, -0.05) is 16.8 Å². The monoisotopic (exact) mass is 495 g/mol. The van der Waals surface area contributed by atoms with Crippen molar-refractivity contribution in [3.63, 3.8) is 0 Å². The van der Waals surface area contributed by atoms with Gasteiger partial charge in [0.25, 0.3) is 5.92 Å². The fourth-order valence-corrected chi connectivity index (χ4v) is 6.37. The highest BCUT2D eigenvalue weighted by Crippen LogP contribution is 2.52. The van der Waals surface area contributed by atoms with Crippen LogP contribution in [0.2, 0.25) is 4.34 Å². The number of nitrogens with zero attached hydrogens (tertiary/aromatic N) is 5. The Morgan fingerprint density at radius 3 is 2.94 bits per heavy atom. The highest BCUT2D eigenvalue weighted by Gasteiger charge is 2.51. The number of hydrogen-bond donors (Lipinski definition) is 1. The first kappa shape index (κ1) is 22.6. The van der Waals surface area contributed by atoms with Crippen LogP contribution in [0.3, 0.4) is 0 Å². The highest BCUT2D eigenvalue weighted by atomic mass is 35.5. The van der Waals surface area contributed by atoms with E-state index >= 15 is 0 Å². The second kappa shape index (κ2) is 8.57. The first-order valence-corrected chi connectivity index (χ1v) is 12.0. The van der Waals surface area contributed by atoms with Crippen molar-refractivity contribution in [1.82, 2.24) is 9.88 Å². The zero-order valence-electron chi connectivity index (χ0n) is 18.0. The van der Waals surface area contributed by atoms with Crippen molar-refractivity contribution >= 4 is 40.7 Å². The van der Waals surface area contributed by atoms with Crippen LogP contribution in [0.15, 0.2) is 34.7 Å². The number of fused-ring (bicyclic) bond motifs is 2. The minimum absolute atomic E-state index is 0.0317. The van der Waals surface area contributed by atoms with Gasteiger partial charge in [-0.05, 0) is 38.0 Å². The predicted octanol–water partition coefficient (Wildman–Crippen LogP) is 4.53. The van der Waals surface area contributed by atoms with Crippen LogP contribution in [-0.4, -0.2) is 59.8 Å². The number of hydrogen-bond acceptors (Lipinski definition) is 8. The molecule has 1 fully saturated rings. The molecule has 176 valence electrons. The third-order valence-corrected chi connectivity index (χ3v) is 8.15. The number of anilines is 1. The summed E-state index contributed by atoms with van der Waals surface area (Å²) >= 11 is 7.32. The summed E-state index contributed by atoms with van der Waals surface area (Å²) in [7, 11) is 0. The Labute approximate surface area is 199 Å². The summed E-state index contributed by atoms with van der Waals surface area (Å²) < 4.78 is 34.9. The lowest BCUT2D eigenvalue weighted by molar-refractivity contribution is -0.181. The molecule has 0 amide bonds. The van der Waals surface area contributed by atoms with Crippen molar-refractivity contribution in [2.45, 2.75) is 31.3 Å². The number of pyridine rings is 1. The zero-order valence-corrected chi connectivity index (χ0v) is 19.6. The van der Waals surface area contributed by atoms with Gasteiger partial charge in [-0.2, -0.15) is 13.9 Å². The lowest BCUT2D eigenvalue weighted by Gasteiger charge is -2.45. The number of aromatic nitrogens is 1. The van der Waals surface area contributed by atoms with E-state index in [1.54, 1.807) is 12.3 Å². The quantitative estimate of drug-likeness (QED) is 0.383. The lowest BCUT2D eigenvalue weighted by atomic mass is 9.84. The van der Waals surface area contributed by atoms with E-state index in [-0.39, 0.29) is 11.5 Å². The molecule has 1 saturated heterocycles. The van der Waals surface area contributed by atoms with Gasteiger partial charge in [-0.3, -0.25) is 0 Å². The van der Waals surface area contributed by atoms with Gasteiger partial charge >= 0.3 is 0 Å². The van der Waals surface area contributed by atoms with E-state index in [2.05, 4.69) is 20.1 Å². The first-order chi connectivity index (χ1) is 15.8. The van der Waals surface area contributed by atoms with Gasteiger partial charge in [-0.15, -0.1) is 11.3 Å². The fraction of sp³-hybridized carbons (Fsp3) is 0.500. The van der Waals surface area contributed by atoms with E-state index in [0.717, 1.165) is 25.3 Å². The standard InChI is InChI=1S/C22H24ClF2N5O2S/c1-14-16(12-30(28-14)20-15(10-27-31)3-2-6-26-20)11-29-7-4-21(5-8-29)19-17(9-18(23)33-19)22(24,25)13-32-21/h2-3,6,9-10,16,31H,4-5,7-8,11-13H2,1H3/b27-10+. The maximum absolute atomic E-state index is 14.4. The van der Waals surface area contributed by atoms with Crippen molar-refractivity contribution in [2.75, 3.05) is 37.8 Å². The van der Waals surface area contributed by atoms with Crippen LogP contribution in [-0.2, 0) is 16.3 Å². The fourth-order valence-electron chi connectivity index (χ4n) is 4.89. The molecule has 1 atom stereocenters. The van der Waals surface area contributed by atoms with Crippen LogP contribution >= 0.6 is 22.9 Å². The van der Waals surface area contributed by atoms with Crippen LogP contribution < -0.4 is 5.01 Å². The third-order valence-electron chi connectivity index (χ3n) is 6.70. The molecule has 11 heteroatoms. The number of likely N-dealkylation sites (tertiary alicyclic amines) is 1. The van der Waals surface area contributed by atoms with Gasteiger partial charge in [-0.25, -0.2) is 9.99 Å². The second-order valence-electron chi connectivity index (χ2n) is 8.76. The molecule has 0 aliphatic carbocycles. The van der Waals surface area contributed by atoms with E-state index in [1.807, 2.05) is 18.0 Å². The molecular formula is C22H24ClF2N5O2S. The Bertz CT molecular complexity index is 1100. The first-order valence-electron chi connectivity index (χ1n) is 10.8. The van der Waals surface area contributed by atoms with E-state index in [4.69, 9.17) is 21.5 Å². The van der Waals surface area contributed by atoms with Crippen LogP contribution in [0, 0.1) is 5.92 Å². The maximum Gasteiger partial charge on any atom is 0.297 e. The van der Waals surface area contributed by atoms with Gasteiger partial charge in [0, 0.05) is 53.5 Å². The molecule has 7 nitrogen and oxygen atoms in total. The van der Waals surface area contributed by atoms with Crippen molar-refractivity contribution in [2.24, 2.45) is 16.2 Å². The third kappa shape index (κ3) is 4.14. The minimum Gasteiger partial charge on any atom is -0.411 e. The summed E-state index contributed by atoms with van der Waals surface area (Å²) in [5, 5.41) is 18.6.